The van der Waals surface area contributed by atoms with Crippen molar-refractivity contribution in [1.29, 1.82) is 0 Å². The average Bonchev–Trinajstić information content (AvgIpc) is 1.89. The lowest BCUT2D eigenvalue weighted by atomic mass is 10.4. The highest BCUT2D eigenvalue weighted by Crippen LogP contribution is 1.79. The average molecular weight is 257 g/mol. The molecule has 0 aliphatic heterocycles. The van der Waals surface area contributed by atoms with Crippen molar-refractivity contribution in [2.75, 3.05) is 10.7 Å². The number of alkyl halides is 4. The van der Waals surface area contributed by atoms with Crippen molar-refractivity contribution in [1.82, 2.24) is 0 Å². The third-order valence-corrected chi connectivity index (χ3v) is 0.454. The van der Waals surface area contributed by atoms with Gasteiger partial charge in [-0.05, 0) is 6.42 Å². The summed E-state index contributed by atoms with van der Waals surface area (Å²) in [5, 5.41) is 9.88. The fraction of sp³-hybridized carbons (Fsp3) is 0.833. The maximum atomic E-state index is 9.49. The second kappa shape index (κ2) is 22.6. The van der Waals surface area contributed by atoms with E-state index in [2.05, 4.69) is 0 Å². The highest BCUT2D eigenvalue weighted by atomic mass is 35.5. The molecule has 12 heavy (non-hydrogen) atoms. The van der Waals surface area contributed by atoms with Gasteiger partial charge in [-0.2, -0.15) is 0 Å². The molecule has 0 rings (SSSR count). The first kappa shape index (κ1) is 18.4. The molecule has 0 aliphatic rings. The van der Waals surface area contributed by atoms with Crippen molar-refractivity contribution < 1.29 is 9.90 Å². The van der Waals surface area contributed by atoms with Gasteiger partial charge in [0.05, 0.1) is 10.7 Å². The van der Waals surface area contributed by atoms with E-state index in [4.69, 9.17) is 46.4 Å². The van der Waals surface area contributed by atoms with Gasteiger partial charge >= 0.3 is 0 Å². The van der Waals surface area contributed by atoms with Crippen LogP contribution in [0.15, 0.2) is 0 Å². The van der Waals surface area contributed by atoms with E-state index in [1.807, 2.05) is 0 Å². The maximum Gasteiger partial charge on any atom is 0.0967 e. The molecule has 0 saturated heterocycles. The van der Waals surface area contributed by atoms with Crippen molar-refractivity contribution in [2.45, 2.75) is 19.8 Å². The zero-order chi connectivity index (χ0) is 10.4. The van der Waals surface area contributed by atoms with E-state index in [0.717, 1.165) is 0 Å². The van der Waals surface area contributed by atoms with Crippen molar-refractivity contribution in [3.8, 4) is 0 Å². The molecular weight excluding hydrogens is 246 g/mol. The predicted octanol–water partition coefficient (Wildman–Crippen LogP) is 2.38. The summed E-state index contributed by atoms with van der Waals surface area (Å²) >= 11 is 19.1. The highest BCUT2D eigenvalue weighted by molar-refractivity contribution is 6.40. The molecule has 0 radical (unpaired) electrons. The molecule has 2 nitrogen and oxygen atoms in total. The van der Waals surface area contributed by atoms with Crippen LogP contribution < -0.4 is 5.11 Å². The van der Waals surface area contributed by atoms with E-state index in [0.29, 0.717) is 6.42 Å². The smallest absolute Gasteiger partial charge is 0.0967 e. The van der Waals surface area contributed by atoms with Gasteiger partial charge in [-0.3, -0.25) is 0 Å². The predicted molar refractivity (Wildman–Crippen MR) is 53.1 cm³/mol. The molecular formula is C6H11Cl4O2-. The Morgan fingerprint density at radius 1 is 1.17 bits per heavy atom. The maximum absolute atomic E-state index is 9.49. The molecule has 0 N–H and O–H groups in total. The Morgan fingerprint density at radius 3 is 1.42 bits per heavy atom. The van der Waals surface area contributed by atoms with Crippen LogP contribution in [-0.4, -0.2) is 16.6 Å². The molecule has 0 bridgehead atoms. The van der Waals surface area contributed by atoms with Gasteiger partial charge in [-0.25, -0.2) is 0 Å². The van der Waals surface area contributed by atoms with Gasteiger partial charge in [0.15, 0.2) is 0 Å². The summed E-state index contributed by atoms with van der Waals surface area (Å²) < 4.78 is 0. The van der Waals surface area contributed by atoms with Crippen molar-refractivity contribution in [3.63, 3.8) is 0 Å². The standard InChI is InChI=1S/C4H8O2.2CH2Cl2/c1-2-3-4(5)6;2*2-1-3/h2-3H2,1H3,(H,5,6);2*1H2/p-1. The molecule has 0 atom stereocenters. The van der Waals surface area contributed by atoms with E-state index < -0.39 is 5.97 Å². The van der Waals surface area contributed by atoms with E-state index in [1.54, 1.807) is 6.92 Å². The van der Waals surface area contributed by atoms with Gasteiger partial charge in [0.25, 0.3) is 0 Å². The van der Waals surface area contributed by atoms with Crippen LogP contribution in [0.5, 0.6) is 0 Å². The summed E-state index contributed by atoms with van der Waals surface area (Å²) in [6.45, 7) is 1.80. The fourth-order valence-electron chi connectivity index (χ4n) is 0.204. The molecule has 0 saturated carbocycles. The third-order valence-electron chi connectivity index (χ3n) is 0.454. The zero-order valence-corrected chi connectivity index (χ0v) is 9.68. The third kappa shape index (κ3) is 74.8. The van der Waals surface area contributed by atoms with Crippen LogP contribution in [0.25, 0.3) is 0 Å². The number of rotatable bonds is 2. The first-order valence-corrected chi connectivity index (χ1v) is 5.18. The Labute approximate surface area is 92.7 Å². The van der Waals surface area contributed by atoms with Gasteiger partial charge in [-0.1, -0.05) is 13.3 Å². The second-order valence-electron chi connectivity index (χ2n) is 1.32. The number of aliphatic carboxylic acids is 1. The van der Waals surface area contributed by atoms with E-state index in [9.17, 15) is 9.90 Å². The van der Waals surface area contributed by atoms with Crippen LogP contribution >= 0.6 is 46.4 Å². The molecule has 0 aromatic rings. The van der Waals surface area contributed by atoms with Crippen molar-refractivity contribution >= 4 is 52.4 Å². The summed E-state index contributed by atoms with van der Waals surface area (Å²) in [4.78, 5) is 9.49. The van der Waals surface area contributed by atoms with Gasteiger partial charge < -0.3 is 9.90 Å². The number of halogens is 4. The second-order valence-corrected chi connectivity index (χ2v) is 2.94. The van der Waals surface area contributed by atoms with Gasteiger partial charge in [0.2, 0.25) is 0 Å². The molecule has 0 heterocycles. The summed E-state index contributed by atoms with van der Waals surface area (Å²) in [5.74, 6) is -0.961. The number of carbonyl (C=O) groups is 1. The summed E-state index contributed by atoms with van der Waals surface area (Å²) in [5.41, 5.74) is 0. The molecule has 0 aliphatic carbocycles. The van der Waals surface area contributed by atoms with Crippen LogP contribution in [0.2, 0.25) is 0 Å². The quantitative estimate of drug-likeness (QED) is 0.712. The summed E-state index contributed by atoms with van der Waals surface area (Å²) in [7, 11) is 0. The van der Waals surface area contributed by atoms with E-state index in [1.165, 1.54) is 0 Å². The summed E-state index contributed by atoms with van der Waals surface area (Å²) in [6.07, 6.45) is 0.850. The van der Waals surface area contributed by atoms with Crippen LogP contribution in [0.1, 0.15) is 19.8 Å². The van der Waals surface area contributed by atoms with Gasteiger partial charge in [0, 0.05) is 5.97 Å². The molecule has 0 amide bonds. The SMILES string of the molecule is CCCC(=O)[O-].ClCCl.ClCCl. The number of carbonyl (C=O) groups excluding carboxylic acids is 1. The molecule has 76 valence electrons. The Kier molecular flexibility index (Phi) is 34.7. The molecule has 0 spiro atoms. The molecule has 0 unspecified atom stereocenters. The van der Waals surface area contributed by atoms with Crippen LogP contribution in [0.4, 0.5) is 0 Å². The minimum absolute atomic E-state index is 0.181. The van der Waals surface area contributed by atoms with Gasteiger partial charge in [-0.15, -0.1) is 46.4 Å². The Morgan fingerprint density at radius 2 is 1.42 bits per heavy atom. The van der Waals surface area contributed by atoms with Crippen LogP contribution in [0.3, 0.4) is 0 Å². The Hall–Kier alpha value is 0.630. The number of hydrogen-bond donors (Lipinski definition) is 0. The normalized spacial score (nSPS) is 7.08. The number of carboxylic acids is 1. The fourth-order valence-corrected chi connectivity index (χ4v) is 0.204. The lowest BCUT2D eigenvalue weighted by Gasteiger charge is -1.92. The number of hydrogen-bond acceptors (Lipinski definition) is 2. The largest absolute Gasteiger partial charge is 0.550 e. The summed E-state index contributed by atoms with van der Waals surface area (Å²) in [6, 6.07) is 0. The molecule has 0 aromatic carbocycles. The van der Waals surface area contributed by atoms with Gasteiger partial charge in [0.1, 0.15) is 0 Å². The lowest BCUT2D eigenvalue weighted by molar-refractivity contribution is -0.305. The van der Waals surface area contributed by atoms with Crippen LogP contribution in [0, 0.1) is 0 Å². The lowest BCUT2D eigenvalue weighted by Crippen LogP contribution is -2.20. The molecule has 6 heteroatoms. The van der Waals surface area contributed by atoms with E-state index >= 15 is 0 Å². The van der Waals surface area contributed by atoms with Crippen molar-refractivity contribution in [3.05, 3.63) is 0 Å². The first-order valence-electron chi connectivity index (χ1n) is 3.04. The molecule has 0 fully saturated rings. The highest BCUT2D eigenvalue weighted by Gasteiger charge is 1.75. The minimum Gasteiger partial charge on any atom is -0.550 e. The topological polar surface area (TPSA) is 40.1 Å². The zero-order valence-electron chi connectivity index (χ0n) is 6.66. The van der Waals surface area contributed by atoms with Crippen LogP contribution in [-0.2, 0) is 4.79 Å². The monoisotopic (exact) mass is 255 g/mol. The van der Waals surface area contributed by atoms with E-state index in [-0.39, 0.29) is 17.1 Å². The van der Waals surface area contributed by atoms with Crippen molar-refractivity contribution in [2.24, 2.45) is 0 Å². The Bertz CT molecular complexity index is 77.9. The number of carboxylic acid groups (broad SMARTS) is 1. The minimum atomic E-state index is -0.961. The molecule has 0 aromatic heterocycles. The Balaban J connectivity index is -0.000000115. The first-order chi connectivity index (χ1) is 5.60.